The zero-order chi connectivity index (χ0) is 56.4. The summed E-state index contributed by atoms with van der Waals surface area (Å²) in [6, 6.07) is 0. The third kappa shape index (κ3) is 78.3. The van der Waals surface area contributed by atoms with Crippen LogP contribution in [0.1, 0.15) is 495 Å². The van der Waals surface area contributed by atoms with Gasteiger partial charge in [0.05, 0.1) is 0 Å². The van der Waals surface area contributed by atoms with E-state index in [1.807, 2.05) is 0 Å². The lowest BCUT2D eigenvalue weighted by molar-refractivity contribution is 0.506. The van der Waals surface area contributed by atoms with Crippen LogP contribution in [0.15, 0.2) is 0 Å². The second-order valence-electron chi connectivity index (χ2n) is 27.2. The minimum absolute atomic E-state index is 1.07. The summed E-state index contributed by atoms with van der Waals surface area (Å²) in [5, 5.41) is 0. The Morgan fingerprint density at radius 2 is 0.165 bits per heavy atom. The largest absolute Gasteiger partial charge is 0.179 e. The minimum atomic E-state index is 1.07. The normalized spacial score (nSPS) is 11.8. The fourth-order valence-corrected chi connectivity index (χ4v) is 13.5. The topological polar surface area (TPSA) is 0 Å². The van der Waals surface area contributed by atoms with E-state index >= 15 is 0 Å². The highest BCUT2D eigenvalue weighted by Gasteiger charge is 2.02. The number of rotatable bonds is 76. The van der Waals surface area contributed by atoms with Gasteiger partial charge in [0.2, 0.25) is 0 Å². The average Bonchev–Trinajstić information content (AvgIpc) is 3.46. The molecule has 0 nitrogen and oxygen atoms in total. The Morgan fingerprint density at radius 1 is 0.101 bits per heavy atom. The maximum absolute atomic E-state index is 4.31. The second kappa shape index (κ2) is 78.4. The Bertz CT molecular complexity index is 897. The molecule has 0 N–H and O–H groups in total. The van der Waals surface area contributed by atoms with Crippen LogP contribution in [0.3, 0.4) is 0 Å². The zero-order valence-electron chi connectivity index (χ0n) is 55.9. The summed E-state index contributed by atoms with van der Waals surface area (Å²) in [4.78, 5) is 0. The van der Waals surface area contributed by atoms with Gasteiger partial charge >= 0.3 is 0 Å². The molecule has 0 aromatic rings. The average molecular weight is 1130 g/mol. The molecule has 0 fully saturated rings. The fraction of sp³-hybridized carbons (Fsp3) is 1.00. The first-order chi connectivity index (χ1) is 39.4. The van der Waals surface area contributed by atoms with Crippen molar-refractivity contribution in [1.29, 1.82) is 0 Å². The van der Waals surface area contributed by atoms with E-state index in [4.69, 9.17) is 0 Å². The summed E-state index contributed by atoms with van der Waals surface area (Å²) < 4.78 is 0. The molecule has 0 aliphatic rings. The van der Waals surface area contributed by atoms with Crippen LogP contribution in [-0.2, 0) is 0 Å². The highest BCUT2D eigenvalue weighted by Crippen LogP contribution is 2.21. The Labute approximate surface area is 510 Å². The molecule has 0 amide bonds. The highest BCUT2D eigenvalue weighted by atomic mass is 32.1. The molecule has 0 unspecified atom stereocenters. The maximum Gasteiger partial charge on any atom is -0.00979 e. The van der Waals surface area contributed by atoms with E-state index in [0.717, 1.165) is 5.75 Å². The quantitative estimate of drug-likeness (QED) is 0.0455. The van der Waals surface area contributed by atoms with Crippen LogP contribution in [0.2, 0.25) is 0 Å². The van der Waals surface area contributed by atoms with Crippen molar-refractivity contribution in [2.45, 2.75) is 495 Å². The van der Waals surface area contributed by atoms with Crippen LogP contribution in [-0.4, -0.2) is 5.75 Å². The standard InChI is InChI=1S/C78H158S/c1-2-3-4-5-6-7-8-9-10-11-12-13-14-15-16-17-18-19-20-21-22-23-24-25-26-27-28-29-30-31-32-33-34-35-36-37-38-39-40-41-42-43-44-45-46-47-48-49-50-51-52-53-54-55-56-57-58-59-60-61-62-63-64-65-66-67-68-69-70-71-72-73-74-75-76-77-78-79/h79H,2-78H2,1H3. The summed E-state index contributed by atoms with van der Waals surface area (Å²) in [5.41, 5.74) is 0. The molecule has 0 bridgehead atoms. The summed E-state index contributed by atoms with van der Waals surface area (Å²) in [7, 11) is 0. The van der Waals surface area contributed by atoms with Gasteiger partial charge in [-0.05, 0) is 12.2 Å². The van der Waals surface area contributed by atoms with E-state index in [2.05, 4.69) is 19.6 Å². The molecule has 0 atom stereocenters. The van der Waals surface area contributed by atoms with Gasteiger partial charge in [-0.15, -0.1) is 0 Å². The Morgan fingerprint density at radius 3 is 0.228 bits per heavy atom. The van der Waals surface area contributed by atoms with Crippen molar-refractivity contribution in [3.05, 3.63) is 0 Å². The van der Waals surface area contributed by atoms with Gasteiger partial charge in [-0.1, -0.05) is 488 Å². The summed E-state index contributed by atoms with van der Waals surface area (Å²) in [5.74, 6) is 1.07. The smallest absolute Gasteiger partial charge is 0.00979 e. The van der Waals surface area contributed by atoms with Crippen LogP contribution in [0.25, 0.3) is 0 Å². The van der Waals surface area contributed by atoms with Crippen molar-refractivity contribution < 1.29 is 0 Å². The third-order valence-electron chi connectivity index (χ3n) is 19.0. The third-order valence-corrected chi connectivity index (χ3v) is 19.3. The maximum atomic E-state index is 4.31. The van der Waals surface area contributed by atoms with Gasteiger partial charge in [-0.25, -0.2) is 0 Å². The van der Waals surface area contributed by atoms with Crippen molar-refractivity contribution >= 4 is 12.6 Å². The van der Waals surface area contributed by atoms with Crippen LogP contribution >= 0.6 is 12.6 Å². The summed E-state index contributed by atoms with van der Waals surface area (Å²) in [6.07, 6.45) is 113. The van der Waals surface area contributed by atoms with Crippen molar-refractivity contribution in [3.63, 3.8) is 0 Å². The molecular formula is C78H158S. The predicted molar refractivity (Wildman–Crippen MR) is 370 cm³/mol. The number of unbranched alkanes of at least 4 members (excludes halogenated alkanes) is 75. The Balaban J connectivity index is 3.08. The van der Waals surface area contributed by atoms with E-state index in [-0.39, 0.29) is 0 Å². The van der Waals surface area contributed by atoms with Crippen LogP contribution in [0.5, 0.6) is 0 Å². The van der Waals surface area contributed by atoms with Gasteiger partial charge < -0.3 is 0 Å². The molecule has 0 aromatic heterocycles. The molecule has 476 valence electrons. The monoisotopic (exact) mass is 1130 g/mol. The van der Waals surface area contributed by atoms with Gasteiger partial charge in [0.15, 0.2) is 0 Å². The van der Waals surface area contributed by atoms with Crippen LogP contribution in [0, 0.1) is 0 Å². The lowest BCUT2D eigenvalue weighted by atomic mass is 10.0. The summed E-state index contributed by atoms with van der Waals surface area (Å²) >= 11 is 4.31. The molecule has 0 saturated carbocycles. The second-order valence-corrected chi connectivity index (χ2v) is 27.7. The molecule has 0 radical (unpaired) electrons. The molecule has 0 aromatic carbocycles. The van der Waals surface area contributed by atoms with Crippen molar-refractivity contribution in [1.82, 2.24) is 0 Å². The Kier molecular flexibility index (Phi) is 78.7. The van der Waals surface area contributed by atoms with Gasteiger partial charge in [0.1, 0.15) is 0 Å². The van der Waals surface area contributed by atoms with Gasteiger partial charge in [0, 0.05) is 0 Å². The van der Waals surface area contributed by atoms with E-state index in [0.29, 0.717) is 0 Å². The van der Waals surface area contributed by atoms with E-state index < -0.39 is 0 Å². The van der Waals surface area contributed by atoms with Crippen LogP contribution in [0.4, 0.5) is 0 Å². The van der Waals surface area contributed by atoms with E-state index in [1.165, 1.54) is 488 Å². The van der Waals surface area contributed by atoms with Crippen LogP contribution < -0.4 is 0 Å². The molecule has 0 aliphatic heterocycles. The van der Waals surface area contributed by atoms with Crippen molar-refractivity contribution in [3.8, 4) is 0 Å². The zero-order valence-corrected chi connectivity index (χ0v) is 56.8. The molecule has 0 saturated heterocycles. The van der Waals surface area contributed by atoms with E-state index in [9.17, 15) is 0 Å². The molecular weight excluding hydrogens is 969 g/mol. The first-order valence-corrected chi connectivity index (χ1v) is 39.7. The lowest BCUT2D eigenvalue weighted by Crippen LogP contribution is -1.85. The Hall–Kier alpha value is 0.350. The van der Waals surface area contributed by atoms with Gasteiger partial charge in [0.25, 0.3) is 0 Å². The molecule has 79 heavy (non-hydrogen) atoms. The minimum Gasteiger partial charge on any atom is -0.179 e. The van der Waals surface area contributed by atoms with Gasteiger partial charge in [-0.3, -0.25) is 0 Å². The SMILES string of the molecule is CCCCCCCCCCCCCCCCCCCCCCCCCCCCCCCCCCCCCCCCCCCCCCCCCCCCCCCCCCCCCCCCCCCCCCCCCCCCCCS. The molecule has 0 spiro atoms. The number of hydrogen-bond donors (Lipinski definition) is 1. The number of hydrogen-bond acceptors (Lipinski definition) is 1. The lowest BCUT2D eigenvalue weighted by Gasteiger charge is -2.05. The van der Waals surface area contributed by atoms with Crippen molar-refractivity contribution in [2.24, 2.45) is 0 Å². The van der Waals surface area contributed by atoms with Crippen molar-refractivity contribution in [2.75, 3.05) is 5.75 Å². The predicted octanol–water partition coefficient (Wildman–Crippen LogP) is 30.6. The highest BCUT2D eigenvalue weighted by molar-refractivity contribution is 7.80. The first-order valence-electron chi connectivity index (χ1n) is 39.0. The molecule has 1 heteroatoms. The summed E-state index contributed by atoms with van der Waals surface area (Å²) in [6.45, 7) is 2.32. The molecule has 0 rings (SSSR count). The first kappa shape index (κ1) is 79.3. The van der Waals surface area contributed by atoms with E-state index in [1.54, 1.807) is 0 Å². The molecule has 0 aliphatic carbocycles. The fourth-order valence-electron chi connectivity index (χ4n) is 13.3. The molecule has 0 heterocycles. The number of thiol groups is 1. The van der Waals surface area contributed by atoms with Gasteiger partial charge in [-0.2, -0.15) is 12.6 Å².